The molecule has 0 spiro atoms. The fourth-order valence-electron chi connectivity index (χ4n) is 1.58. The van der Waals surface area contributed by atoms with Crippen LogP contribution >= 0.6 is 0 Å². The molecule has 1 fully saturated rings. The maximum atomic E-state index is 11.7. The average Bonchev–Trinajstić information content (AvgIpc) is 2.17. The van der Waals surface area contributed by atoms with E-state index >= 15 is 0 Å². The Morgan fingerprint density at radius 2 is 2.20 bits per heavy atom. The monoisotopic (exact) mass is 234 g/mol. The number of carbonyl (C=O) groups excluding carboxylic acids is 1. The van der Waals surface area contributed by atoms with Crippen LogP contribution in [-0.4, -0.2) is 56.4 Å². The first kappa shape index (κ1) is 12.4. The van der Waals surface area contributed by atoms with Crippen molar-refractivity contribution in [3.63, 3.8) is 0 Å². The first-order valence-electron chi connectivity index (χ1n) is 5.17. The quantitative estimate of drug-likeness (QED) is 0.697. The number of sulfone groups is 1. The van der Waals surface area contributed by atoms with Crippen LogP contribution in [0.25, 0.3) is 0 Å². The average molecular weight is 234 g/mol. The molecule has 0 radical (unpaired) electrons. The van der Waals surface area contributed by atoms with E-state index in [4.69, 9.17) is 0 Å². The van der Waals surface area contributed by atoms with Gasteiger partial charge in [-0.2, -0.15) is 0 Å². The first-order valence-corrected chi connectivity index (χ1v) is 6.99. The summed E-state index contributed by atoms with van der Waals surface area (Å²) < 4.78 is 22.6. The summed E-state index contributed by atoms with van der Waals surface area (Å²) in [5, 5.41) is 3.15. The topological polar surface area (TPSA) is 66.5 Å². The van der Waals surface area contributed by atoms with E-state index in [0.717, 1.165) is 13.1 Å². The van der Waals surface area contributed by atoms with Crippen molar-refractivity contribution in [3.8, 4) is 0 Å². The number of carbonyl (C=O) groups is 1. The summed E-state index contributed by atoms with van der Waals surface area (Å²) in [6, 6.07) is 0.0818. The zero-order valence-corrected chi connectivity index (χ0v) is 10.0. The van der Waals surface area contributed by atoms with Crippen LogP contribution in [0.1, 0.15) is 13.8 Å². The van der Waals surface area contributed by atoms with Gasteiger partial charge in [0.25, 0.3) is 0 Å². The summed E-state index contributed by atoms with van der Waals surface area (Å²) in [7, 11) is -3.20. The lowest BCUT2D eigenvalue weighted by Gasteiger charge is -2.33. The molecule has 1 rings (SSSR count). The summed E-state index contributed by atoms with van der Waals surface area (Å²) in [5.74, 6) is -0.599. The number of nitrogens with one attached hydrogen (secondary N) is 1. The van der Waals surface area contributed by atoms with Crippen molar-refractivity contribution in [3.05, 3.63) is 0 Å². The van der Waals surface area contributed by atoms with Crippen LogP contribution in [0.3, 0.4) is 0 Å². The third-order valence-corrected chi connectivity index (χ3v) is 4.17. The molecule has 1 N–H and O–H groups in total. The number of hydrogen-bond donors (Lipinski definition) is 1. The maximum Gasteiger partial charge on any atom is 0.238 e. The minimum atomic E-state index is -3.20. The van der Waals surface area contributed by atoms with Crippen LogP contribution in [-0.2, 0) is 14.6 Å². The Morgan fingerprint density at radius 3 is 2.73 bits per heavy atom. The van der Waals surface area contributed by atoms with Gasteiger partial charge in [0.2, 0.25) is 5.91 Å². The number of piperazine rings is 1. The van der Waals surface area contributed by atoms with Crippen molar-refractivity contribution in [1.29, 1.82) is 0 Å². The lowest BCUT2D eigenvalue weighted by molar-refractivity contribution is -0.131. The van der Waals surface area contributed by atoms with Crippen molar-refractivity contribution in [2.75, 3.05) is 31.1 Å². The summed E-state index contributed by atoms with van der Waals surface area (Å²) in [6.07, 6.45) is 0. The fourth-order valence-corrected chi connectivity index (χ4v) is 2.33. The summed E-state index contributed by atoms with van der Waals surface area (Å²) in [4.78, 5) is 13.3. The highest BCUT2D eigenvalue weighted by Gasteiger charge is 2.26. The molecule has 1 amide bonds. The predicted octanol–water partition coefficient (Wildman–Crippen LogP) is -0.759. The molecule has 1 saturated heterocycles. The van der Waals surface area contributed by atoms with Crippen LogP contribution in [0.4, 0.5) is 0 Å². The highest BCUT2D eigenvalue weighted by molar-refractivity contribution is 7.92. The molecule has 5 nitrogen and oxygen atoms in total. The second-order valence-corrected chi connectivity index (χ2v) is 6.17. The van der Waals surface area contributed by atoms with Gasteiger partial charge in [0, 0.05) is 31.4 Å². The molecule has 1 aliphatic heterocycles. The second kappa shape index (κ2) is 4.94. The smallest absolute Gasteiger partial charge is 0.238 e. The molecule has 1 atom stereocenters. The normalized spacial score (nSPS) is 22.8. The standard InChI is InChI=1S/C9H18N2O3S/c1-3-15(13,14)7-9(12)11-5-4-10-6-8(11)2/h8,10H,3-7H2,1-2H3/t8-/m0/s1. The third kappa shape index (κ3) is 3.46. The largest absolute Gasteiger partial charge is 0.337 e. The Balaban J connectivity index is 2.60. The number of nitrogens with zero attached hydrogens (tertiary/aromatic N) is 1. The molecule has 1 heterocycles. The Labute approximate surface area is 90.7 Å². The summed E-state index contributed by atoms with van der Waals surface area (Å²) >= 11 is 0. The molecule has 15 heavy (non-hydrogen) atoms. The van der Waals surface area contributed by atoms with Crippen molar-refractivity contribution < 1.29 is 13.2 Å². The van der Waals surface area contributed by atoms with Gasteiger partial charge < -0.3 is 10.2 Å². The van der Waals surface area contributed by atoms with Crippen molar-refractivity contribution >= 4 is 15.7 Å². The van der Waals surface area contributed by atoms with Crippen LogP contribution in [0, 0.1) is 0 Å². The molecule has 88 valence electrons. The van der Waals surface area contributed by atoms with E-state index in [1.54, 1.807) is 11.8 Å². The number of hydrogen-bond acceptors (Lipinski definition) is 4. The van der Waals surface area contributed by atoms with Crippen LogP contribution in [0.15, 0.2) is 0 Å². The van der Waals surface area contributed by atoms with Gasteiger partial charge in [0.1, 0.15) is 5.75 Å². The van der Waals surface area contributed by atoms with Gasteiger partial charge in [0.15, 0.2) is 9.84 Å². The van der Waals surface area contributed by atoms with Gasteiger partial charge in [-0.05, 0) is 6.92 Å². The minimum absolute atomic E-state index is 0.0270. The third-order valence-electron chi connectivity index (χ3n) is 2.60. The molecule has 0 aromatic rings. The minimum Gasteiger partial charge on any atom is -0.337 e. The van der Waals surface area contributed by atoms with Crippen LogP contribution < -0.4 is 5.32 Å². The highest BCUT2D eigenvalue weighted by Crippen LogP contribution is 2.04. The molecule has 0 aromatic heterocycles. The van der Waals surface area contributed by atoms with E-state index in [2.05, 4.69) is 5.32 Å². The van der Waals surface area contributed by atoms with E-state index in [1.807, 2.05) is 6.92 Å². The van der Waals surface area contributed by atoms with Gasteiger partial charge in [-0.15, -0.1) is 0 Å². The molecular weight excluding hydrogens is 216 g/mol. The highest BCUT2D eigenvalue weighted by atomic mass is 32.2. The van der Waals surface area contributed by atoms with Crippen molar-refractivity contribution in [2.45, 2.75) is 19.9 Å². The Morgan fingerprint density at radius 1 is 1.53 bits per heavy atom. The SMILES string of the molecule is CCS(=O)(=O)CC(=O)N1CCNC[C@@H]1C. The van der Waals surface area contributed by atoms with E-state index in [0.29, 0.717) is 6.54 Å². The number of amides is 1. The molecule has 0 bridgehead atoms. The molecule has 1 aliphatic rings. The van der Waals surface area contributed by atoms with Gasteiger partial charge in [-0.3, -0.25) is 4.79 Å². The number of rotatable bonds is 3. The summed E-state index contributed by atoms with van der Waals surface area (Å²) in [6.45, 7) is 5.55. The van der Waals surface area contributed by atoms with E-state index < -0.39 is 9.84 Å². The lowest BCUT2D eigenvalue weighted by Crippen LogP contribution is -2.53. The van der Waals surface area contributed by atoms with E-state index in [9.17, 15) is 13.2 Å². The zero-order valence-electron chi connectivity index (χ0n) is 9.19. The van der Waals surface area contributed by atoms with Gasteiger partial charge in [-0.1, -0.05) is 6.92 Å². The van der Waals surface area contributed by atoms with E-state index in [-0.39, 0.29) is 23.5 Å². The Hall–Kier alpha value is -0.620. The Bertz CT molecular complexity index is 326. The van der Waals surface area contributed by atoms with Crippen LogP contribution in [0.5, 0.6) is 0 Å². The van der Waals surface area contributed by atoms with Gasteiger partial charge in [0.05, 0.1) is 0 Å². The molecule has 0 aliphatic carbocycles. The zero-order chi connectivity index (χ0) is 11.5. The fraction of sp³-hybridized carbons (Fsp3) is 0.889. The Kier molecular flexibility index (Phi) is 4.10. The maximum absolute atomic E-state index is 11.7. The lowest BCUT2D eigenvalue weighted by atomic mass is 10.2. The summed E-state index contributed by atoms with van der Waals surface area (Å²) in [5.41, 5.74) is 0. The van der Waals surface area contributed by atoms with Gasteiger partial charge >= 0.3 is 0 Å². The van der Waals surface area contributed by atoms with E-state index in [1.165, 1.54) is 0 Å². The van der Waals surface area contributed by atoms with Crippen molar-refractivity contribution in [2.24, 2.45) is 0 Å². The van der Waals surface area contributed by atoms with Crippen molar-refractivity contribution in [1.82, 2.24) is 10.2 Å². The molecule has 0 unspecified atom stereocenters. The first-order chi connectivity index (χ1) is 6.96. The molecule has 0 aromatic carbocycles. The molecular formula is C9H18N2O3S. The van der Waals surface area contributed by atoms with Crippen LogP contribution in [0.2, 0.25) is 0 Å². The molecule has 6 heteroatoms. The predicted molar refractivity (Wildman–Crippen MR) is 58.4 cm³/mol. The molecule has 0 saturated carbocycles. The second-order valence-electron chi connectivity index (χ2n) is 3.82. The van der Waals surface area contributed by atoms with Gasteiger partial charge in [-0.25, -0.2) is 8.42 Å².